The number of ether oxygens (including phenoxy) is 2. The first-order chi connectivity index (χ1) is 18.7. The Kier molecular flexibility index (Phi) is 8.56. The largest absolute Gasteiger partial charge is 0.507 e. The molecule has 204 valence electrons. The van der Waals surface area contributed by atoms with Gasteiger partial charge in [0.1, 0.15) is 18.1 Å². The summed E-state index contributed by atoms with van der Waals surface area (Å²) in [5.74, 6) is -0.928. The van der Waals surface area contributed by atoms with Gasteiger partial charge in [-0.15, -0.1) is 0 Å². The number of carbonyl (C=O) groups is 2. The molecule has 0 radical (unpaired) electrons. The first-order valence-electron chi connectivity index (χ1n) is 12.9. The molecular formula is C31H34N2O6. The molecule has 8 nitrogen and oxygen atoms in total. The molecule has 1 unspecified atom stereocenters. The Morgan fingerprint density at radius 1 is 1.00 bits per heavy atom. The average Bonchev–Trinajstić information content (AvgIpc) is 3.17. The van der Waals surface area contributed by atoms with Crippen molar-refractivity contribution in [2.45, 2.75) is 26.5 Å². The first kappa shape index (κ1) is 27.7. The second kappa shape index (κ2) is 12.0. The molecular weight excluding hydrogens is 496 g/mol. The van der Waals surface area contributed by atoms with Crippen molar-refractivity contribution in [1.82, 2.24) is 9.80 Å². The molecule has 0 spiro atoms. The van der Waals surface area contributed by atoms with Gasteiger partial charge in [0.15, 0.2) is 11.5 Å². The van der Waals surface area contributed by atoms with Crippen LogP contribution in [-0.4, -0.2) is 65.5 Å². The van der Waals surface area contributed by atoms with Crippen LogP contribution in [0.1, 0.15) is 35.2 Å². The van der Waals surface area contributed by atoms with Crippen LogP contribution in [0.3, 0.4) is 0 Å². The highest BCUT2D eigenvalue weighted by Crippen LogP contribution is 2.41. The van der Waals surface area contributed by atoms with Gasteiger partial charge < -0.3 is 29.5 Å². The maximum absolute atomic E-state index is 13.3. The lowest BCUT2D eigenvalue weighted by Crippen LogP contribution is -2.35. The number of aliphatic hydroxyl groups is 1. The number of nitrogens with zero attached hydrogens (tertiary/aromatic N) is 2. The van der Waals surface area contributed by atoms with Crippen LogP contribution < -0.4 is 9.47 Å². The van der Waals surface area contributed by atoms with Crippen molar-refractivity contribution in [3.63, 3.8) is 0 Å². The van der Waals surface area contributed by atoms with Crippen molar-refractivity contribution in [2.24, 2.45) is 0 Å². The fraction of sp³-hybridized carbons (Fsp3) is 0.290. The predicted octanol–water partition coefficient (Wildman–Crippen LogP) is 4.66. The van der Waals surface area contributed by atoms with Gasteiger partial charge in [0.2, 0.25) is 0 Å². The molecule has 1 fully saturated rings. The van der Waals surface area contributed by atoms with Crippen LogP contribution in [0.15, 0.2) is 72.3 Å². The van der Waals surface area contributed by atoms with E-state index in [9.17, 15) is 19.8 Å². The second-order valence-electron chi connectivity index (χ2n) is 9.76. The van der Waals surface area contributed by atoms with Crippen molar-refractivity contribution in [1.29, 1.82) is 0 Å². The molecule has 8 heteroatoms. The number of benzene rings is 3. The van der Waals surface area contributed by atoms with Gasteiger partial charge >= 0.3 is 0 Å². The van der Waals surface area contributed by atoms with E-state index in [1.165, 1.54) is 11.0 Å². The van der Waals surface area contributed by atoms with Crippen molar-refractivity contribution >= 4 is 17.4 Å². The maximum Gasteiger partial charge on any atom is 0.295 e. The molecule has 1 aliphatic heterocycles. The van der Waals surface area contributed by atoms with Crippen molar-refractivity contribution < 1.29 is 29.3 Å². The van der Waals surface area contributed by atoms with E-state index in [1.54, 1.807) is 43.3 Å². The molecule has 0 aliphatic carbocycles. The molecule has 1 aliphatic rings. The van der Waals surface area contributed by atoms with E-state index < -0.39 is 17.7 Å². The summed E-state index contributed by atoms with van der Waals surface area (Å²) in [4.78, 5) is 29.8. The number of aromatic hydroxyl groups is 1. The van der Waals surface area contributed by atoms with Gasteiger partial charge in [0.25, 0.3) is 11.7 Å². The Bertz CT molecular complexity index is 1380. The molecule has 1 heterocycles. The summed E-state index contributed by atoms with van der Waals surface area (Å²) in [7, 11) is 3.75. The Morgan fingerprint density at radius 2 is 1.74 bits per heavy atom. The van der Waals surface area contributed by atoms with E-state index in [1.807, 2.05) is 44.1 Å². The number of ketones is 1. The number of likely N-dealkylation sites (N-methyl/N-ethyl adjacent to an activating group) is 1. The van der Waals surface area contributed by atoms with E-state index in [4.69, 9.17) is 9.47 Å². The highest BCUT2D eigenvalue weighted by atomic mass is 16.5. The van der Waals surface area contributed by atoms with E-state index >= 15 is 0 Å². The number of phenolic OH excluding ortho intramolecular Hbond substituents is 1. The average molecular weight is 531 g/mol. The van der Waals surface area contributed by atoms with Crippen LogP contribution in [0.2, 0.25) is 0 Å². The van der Waals surface area contributed by atoms with Crippen LogP contribution in [0.25, 0.3) is 5.76 Å². The quantitative estimate of drug-likeness (QED) is 0.223. The molecule has 4 rings (SSSR count). The number of likely N-dealkylation sites (tertiary alicyclic amines) is 1. The fourth-order valence-electron chi connectivity index (χ4n) is 4.57. The minimum absolute atomic E-state index is 0.0136. The predicted molar refractivity (Wildman–Crippen MR) is 149 cm³/mol. The van der Waals surface area contributed by atoms with Crippen LogP contribution in [0.5, 0.6) is 17.2 Å². The van der Waals surface area contributed by atoms with Gasteiger partial charge in [0.05, 0.1) is 18.2 Å². The topological polar surface area (TPSA) is 99.5 Å². The van der Waals surface area contributed by atoms with Gasteiger partial charge in [-0.2, -0.15) is 0 Å². The molecule has 1 amide bonds. The SMILES string of the molecule is CCOc1cc(C2/C(=C(\O)c3ccc(OCc4cccc(C)c4)cc3)C(=O)C(=O)N2CCN(C)C)ccc1O. The highest BCUT2D eigenvalue weighted by Gasteiger charge is 2.46. The summed E-state index contributed by atoms with van der Waals surface area (Å²) in [5, 5.41) is 21.6. The van der Waals surface area contributed by atoms with Crippen molar-refractivity contribution in [2.75, 3.05) is 33.8 Å². The Balaban J connectivity index is 1.68. The minimum Gasteiger partial charge on any atom is -0.507 e. The number of amides is 1. The third-order valence-corrected chi connectivity index (χ3v) is 6.54. The maximum atomic E-state index is 13.3. The highest BCUT2D eigenvalue weighted by molar-refractivity contribution is 6.46. The molecule has 3 aromatic rings. The zero-order valence-corrected chi connectivity index (χ0v) is 22.7. The number of rotatable bonds is 10. The first-order valence-corrected chi connectivity index (χ1v) is 12.9. The third-order valence-electron chi connectivity index (χ3n) is 6.54. The summed E-state index contributed by atoms with van der Waals surface area (Å²) in [6.07, 6.45) is 0. The van der Waals surface area contributed by atoms with Crippen LogP contribution in [0, 0.1) is 6.92 Å². The summed E-state index contributed by atoms with van der Waals surface area (Å²) < 4.78 is 11.4. The van der Waals surface area contributed by atoms with Crippen molar-refractivity contribution in [3.05, 3.63) is 94.6 Å². The van der Waals surface area contributed by atoms with Crippen molar-refractivity contribution in [3.8, 4) is 17.2 Å². The van der Waals surface area contributed by atoms with E-state index in [-0.39, 0.29) is 29.4 Å². The lowest BCUT2D eigenvalue weighted by Gasteiger charge is -2.27. The molecule has 0 bridgehead atoms. The lowest BCUT2D eigenvalue weighted by molar-refractivity contribution is -0.140. The molecule has 39 heavy (non-hydrogen) atoms. The van der Waals surface area contributed by atoms with Gasteiger partial charge in [-0.25, -0.2) is 0 Å². The molecule has 0 aromatic heterocycles. The number of phenols is 1. The molecule has 1 atom stereocenters. The summed E-state index contributed by atoms with van der Waals surface area (Å²) >= 11 is 0. The van der Waals surface area contributed by atoms with E-state index in [2.05, 4.69) is 6.07 Å². The molecule has 2 N–H and O–H groups in total. The number of aryl methyl sites for hydroxylation is 1. The lowest BCUT2D eigenvalue weighted by atomic mass is 9.95. The van der Waals surface area contributed by atoms with Gasteiger partial charge in [-0.05, 0) is 75.5 Å². The summed E-state index contributed by atoms with van der Waals surface area (Å²) in [5.41, 5.74) is 3.11. The number of carbonyl (C=O) groups excluding carboxylic acids is 2. The van der Waals surface area contributed by atoms with E-state index in [0.29, 0.717) is 36.6 Å². The van der Waals surface area contributed by atoms with Crippen LogP contribution in [0.4, 0.5) is 0 Å². The Hall–Kier alpha value is -4.30. The number of hydrogen-bond donors (Lipinski definition) is 2. The minimum atomic E-state index is -0.845. The third kappa shape index (κ3) is 6.23. The van der Waals surface area contributed by atoms with Gasteiger partial charge in [-0.1, -0.05) is 35.9 Å². The summed E-state index contributed by atoms with van der Waals surface area (Å²) in [6, 6.07) is 18.7. The number of aliphatic hydroxyl groups excluding tert-OH is 1. The van der Waals surface area contributed by atoms with E-state index in [0.717, 1.165) is 11.1 Å². The smallest absolute Gasteiger partial charge is 0.295 e. The number of Topliss-reactive ketones (excluding diaryl/α,β-unsaturated/α-hetero) is 1. The Morgan fingerprint density at radius 3 is 2.41 bits per heavy atom. The normalized spacial score (nSPS) is 16.6. The molecule has 3 aromatic carbocycles. The monoisotopic (exact) mass is 530 g/mol. The fourth-order valence-corrected chi connectivity index (χ4v) is 4.57. The Labute approximate surface area is 228 Å². The van der Waals surface area contributed by atoms with Gasteiger partial charge in [-0.3, -0.25) is 9.59 Å². The standard InChI is InChI=1S/C31H34N2O6/c1-5-38-26-18-23(11-14-25(26)34)28-27(30(36)31(37)33(28)16-15-32(3)4)29(35)22-9-12-24(13-10-22)39-19-21-8-6-7-20(2)17-21/h6-14,17-18,28,34-35H,5,15-16,19H2,1-4H3/b29-27+. The van der Waals surface area contributed by atoms with Gasteiger partial charge in [0, 0.05) is 18.7 Å². The molecule has 0 saturated carbocycles. The summed E-state index contributed by atoms with van der Waals surface area (Å²) in [6.45, 7) is 5.34. The zero-order valence-electron chi connectivity index (χ0n) is 22.7. The van der Waals surface area contributed by atoms with Crippen LogP contribution in [-0.2, 0) is 16.2 Å². The zero-order chi connectivity index (χ0) is 28.1. The molecule has 1 saturated heterocycles. The number of hydrogen-bond acceptors (Lipinski definition) is 7. The van der Waals surface area contributed by atoms with Crippen LogP contribution >= 0.6 is 0 Å². The second-order valence-corrected chi connectivity index (χ2v) is 9.76.